The molecule has 1 heterocycles. The van der Waals surface area contributed by atoms with Gasteiger partial charge in [0.05, 0.1) is 12.5 Å². The molecule has 9 heteroatoms. The Hall–Kier alpha value is -2.75. The lowest BCUT2D eigenvalue weighted by Gasteiger charge is -2.21. The summed E-state index contributed by atoms with van der Waals surface area (Å²) in [6.07, 6.45) is 4.60. The van der Waals surface area contributed by atoms with Gasteiger partial charge in [0.15, 0.2) is 0 Å². The normalized spacial score (nSPS) is 12.5. The van der Waals surface area contributed by atoms with Gasteiger partial charge in [0.25, 0.3) is 10.2 Å². The van der Waals surface area contributed by atoms with E-state index in [1.165, 1.54) is 13.1 Å². The standard InChI is InChI=1S/C19H23N3O5S/c1-3-18(21-28(25,26)22(2)12-10-19(23)24)16-6-8-17(9-7-16)27-14-15-5-4-11-20-13-15/h3-9,11,13,18,21H,1,10,12,14H2,2H3,(H,23,24). The second-order valence-corrected chi connectivity index (χ2v) is 7.83. The van der Waals surface area contributed by atoms with E-state index in [9.17, 15) is 13.2 Å². The number of pyridine rings is 1. The number of hydrogen-bond donors (Lipinski definition) is 2. The molecule has 0 bridgehead atoms. The molecule has 150 valence electrons. The van der Waals surface area contributed by atoms with E-state index >= 15 is 0 Å². The van der Waals surface area contributed by atoms with Crippen LogP contribution in [-0.2, 0) is 21.6 Å². The average molecular weight is 405 g/mol. The van der Waals surface area contributed by atoms with E-state index in [0.717, 1.165) is 9.87 Å². The maximum absolute atomic E-state index is 12.4. The second kappa shape index (κ2) is 9.98. The summed E-state index contributed by atoms with van der Waals surface area (Å²) >= 11 is 0. The van der Waals surface area contributed by atoms with E-state index in [-0.39, 0.29) is 13.0 Å². The van der Waals surface area contributed by atoms with Gasteiger partial charge in [0.2, 0.25) is 0 Å². The Kier molecular flexibility index (Phi) is 7.68. The molecular weight excluding hydrogens is 382 g/mol. The molecule has 0 saturated carbocycles. The fraction of sp³-hybridized carbons (Fsp3) is 0.263. The fourth-order valence-electron chi connectivity index (χ4n) is 2.30. The number of carboxylic acid groups (broad SMARTS) is 1. The first kappa shape index (κ1) is 21.5. The van der Waals surface area contributed by atoms with Crippen molar-refractivity contribution < 1.29 is 23.1 Å². The third-order valence-corrected chi connectivity index (χ3v) is 5.48. The van der Waals surface area contributed by atoms with Gasteiger partial charge in [-0.1, -0.05) is 24.3 Å². The van der Waals surface area contributed by atoms with Gasteiger partial charge in [-0.15, -0.1) is 6.58 Å². The number of carboxylic acids is 1. The number of aliphatic carboxylic acids is 1. The van der Waals surface area contributed by atoms with Gasteiger partial charge in [-0.3, -0.25) is 9.78 Å². The molecule has 1 aromatic heterocycles. The van der Waals surface area contributed by atoms with Crippen LogP contribution >= 0.6 is 0 Å². The lowest BCUT2D eigenvalue weighted by molar-refractivity contribution is -0.137. The Labute approximate surface area is 164 Å². The van der Waals surface area contributed by atoms with Crippen LogP contribution in [0.3, 0.4) is 0 Å². The van der Waals surface area contributed by atoms with Crippen LogP contribution in [0.25, 0.3) is 0 Å². The van der Waals surface area contributed by atoms with Crippen molar-refractivity contribution >= 4 is 16.2 Å². The maximum atomic E-state index is 12.4. The Morgan fingerprint density at radius 2 is 2.07 bits per heavy atom. The third-order valence-electron chi connectivity index (χ3n) is 3.93. The van der Waals surface area contributed by atoms with E-state index in [4.69, 9.17) is 9.84 Å². The molecule has 0 saturated heterocycles. The van der Waals surface area contributed by atoms with Crippen LogP contribution in [0.15, 0.2) is 61.4 Å². The molecule has 1 aromatic carbocycles. The molecule has 2 aromatic rings. The van der Waals surface area contributed by atoms with Crippen molar-refractivity contribution in [2.75, 3.05) is 13.6 Å². The second-order valence-electron chi connectivity index (χ2n) is 6.02. The first-order valence-electron chi connectivity index (χ1n) is 8.51. The minimum absolute atomic E-state index is 0.129. The minimum atomic E-state index is -3.86. The Morgan fingerprint density at radius 3 is 2.64 bits per heavy atom. The van der Waals surface area contributed by atoms with E-state index in [1.807, 2.05) is 12.1 Å². The highest BCUT2D eigenvalue weighted by atomic mass is 32.2. The molecule has 0 fully saturated rings. The number of ether oxygens (including phenoxy) is 1. The number of nitrogens with one attached hydrogen (secondary N) is 1. The summed E-state index contributed by atoms with van der Waals surface area (Å²) in [6.45, 7) is 3.92. The number of nitrogens with zero attached hydrogens (tertiary/aromatic N) is 2. The highest BCUT2D eigenvalue weighted by Crippen LogP contribution is 2.20. The summed E-state index contributed by atoms with van der Waals surface area (Å²) in [5.41, 5.74) is 1.62. The topological polar surface area (TPSA) is 109 Å². The van der Waals surface area contributed by atoms with Crippen LogP contribution in [0.2, 0.25) is 0 Å². The van der Waals surface area contributed by atoms with Crippen LogP contribution in [0, 0.1) is 0 Å². The smallest absolute Gasteiger partial charge is 0.304 e. The first-order valence-corrected chi connectivity index (χ1v) is 9.95. The lowest BCUT2D eigenvalue weighted by atomic mass is 10.1. The molecule has 2 N–H and O–H groups in total. The Balaban J connectivity index is 1.99. The molecule has 0 aliphatic heterocycles. The van der Waals surface area contributed by atoms with Gasteiger partial charge >= 0.3 is 5.97 Å². The Morgan fingerprint density at radius 1 is 1.36 bits per heavy atom. The monoisotopic (exact) mass is 405 g/mol. The van der Waals surface area contributed by atoms with Crippen molar-refractivity contribution in [1.82, 2.24) is 14.0 Å². The van der Waals surface area contributed by atoms with Gasteiger partial charge in [-0.05, 0) is 23.8 Å². The van der Waals surface area contributed by atoms with E-state index < -0.39 is 22.2 Å². The number of hydrogen-bond acceptors (Lipinski definition) is 5. The van der Waals surface area contributed by atoms with Crippen molar-refractivity contribution in [3.63, 3.8) is 0 Å². The first-order chi connectivity index (χ1) is 13.3. The van der Waals surface area contributed by atoms with Gasteiger partial charge in [-0.25, -0.2) is 0 Å². The zero-order valence-corrected chi connectivity index (χ0v) is 16.3. The van der Waals surface area contributed by atoms with Crippen molar-refractivity contribution in [2.24, 2.45) is 0 Å². The quantitative estimate of drug-likeness (QED) is 0.555. The number of aromatic nitrogens is 1. The highest BCUT2D eigenvalue weighted by molar-refractivity contribution is 7.87. The molecule has 0 radical (unpaired) electrons. The largest absolute Gasteiger partial charge is 0.489 e. The third kappa shape index (κ3) is 6.45. The van der Waals surface area contributed by atoms with E-state index in [2.05, 4.69) is 16.3 Å². The van der Waals surface area contributed by atoms with Gasteiger partial charge < -0.3 is 9.84 Å². The van der Waals surface area contributed by atoms with Crippen LogP contribution < -0.4 is 9.46 Å². The van der Waals surface area contributed by atoms with Crippen molar-refractivity contribution in [1.29, 1.82) is 0 Å². The summed E-state index contributed by atoms with van der Waals surface area (Å²) in [7, 11) is -2.54. The van der Waals surface area contributed by atoms with Crippen molar-refractivity contribution in [3.8, 4) is 5.75 Å². The van der Waals surface area contributed by atoms with Gasteiger partial charge in [0, 0.05) is 31.5 Å². The predicted molar refractivity (Wildman–Crippen MR) is 105 cm³/mol. The molecule has 1 unspecified atom stereocenters. The van der Waals surface area contributed by atoms with Crippen LogP contribution in [0.4, 0.5) is 0 Å². The molecule has 0 amide bonds. The maximum Gasteiger partial charge on any atom is 0.304 e. The predicted octanol–water partition coefficient (Wildman–Crippen LogP) is 2.13. The average Bonchev–Trinajstić information content (AvgIpc) is 2.69. The summed E-state index contributed by atoms with van der Waals surface area (Å²) in [5, 5.41) is 8.70. The lowest BCUT2D eigenvalue weighted by Crippen LogP contribution is -2.40. The van der Waals surface area contributed by atoms with Gasteiger partial charge in [0.1, 0.15) is 12.4 Å². The Bertz CT molecular complexity index is 886. The zero-order chi connectivity index (χ0) is 20.6. The van der Waals surface area contributed by atoms with Crippen LogP contribution in [-0.4, -0.2) is 42.4 Å². The molecule has 8 nitrogen and oxygen atoms in total. The molecule has 0 aliphatic carbocycles. The van der Waals surface area contributed by atoms with Crippen molar-refractivity contribution in [2.45, 2.75) is 19.1 Å². The molecular formula is C19H23N3O5S. The summed E-state index contributed by atoms with van der Waals surface area (Å²) in [4.78, 5) is 14.7. The SMILES string of the molecule is C=CC(NS(=O)(=O)N(C)CCC(=O)O)c1ccc(OCc2cccnc2)cc1. The molecule has 0 aliphatic rings. The van der Waals surface area contributed by atoms with E-state index in [1.54, 1.807) is 36.7 Å². The van der Waals surface area contributed by atoms with Gasteiger partial charge in [-0.2, -0.15) is 17.4 Å². The zero-order valence-electron chi connectivity index (χ0n) is 15.5. The molecule has 1 atom stereocenters. The number of benzene rings is 1. The number of carbonyl (C=O) groups is 1. The number of rotatable bonds is 11. The van der Waals surface area contributed by atoms with Crippen LogP contribution in [0.1, 0.15) is 23.6 Å². The molecule has 2 rings (SSSR count). The van der Waals surface area contributed by atoms with E-state index in [0.29, 0.717) is 17.9 Å². The minimum Gasteiger partial charge on any atom is -0.489 e. The fourth-order valence-corrected chi connectivity index (χ4v) is 3.36. The highest BCUT2D eigenvalue weighted by Gasteiger charge is 2.22. The summed E-state index contributed by atoms with van der Waals surface area (Å²) in [6, 6.07) is 10.0. The molecule has 0 spiro atoms. The van der Waals surface area contributed by atoms with Crippen LogP contribution in [0.5, 0.6) is 5.75 Å². The summed E-state index contributed by atoms with van der Waals surface area (Å²) < 4.78 is 33.9. The van der Waals surface area contributed by atoms with Crippen molar-refractivity contribution in [3.05, 3.63) is 72.6 Å². The molecule has 28 heavy (non-hydrogen) atoms. The summed E-state index contributed by atoms with van der Waals surface area (Å²) in [5.74, 6) is -0.430.